The van der Waals surface area contributed by atoms with Gasteiger partial charge in [0.25, 0.3) is 0 Å². The first-order valence-electron chi connectivity index (χ1n) is 5.75. The van der Waals surface area contributed by atoms with Gasteiger partial charge in [-0.05, 0) is 53.3 Å². The lowest BCUT2D eigenvalue weighted by molar-refractivity contribution is 0.585. The number of hydrogen-bond donors (Lipinski definition) is 2. The summed E-state index contributed by atoms with van der Waals surface area (Å²) in [7, 11) is 0. The van der Waals surface area contributed by atoms with Gasteiger partial charge in [0.1, 0.15) is 5.82 Å². The SMILES string of the molecule is Cc1ccc(NC(=S)Nc2c(F)cc(F)cc2Br)cc1. The molecule has 0 unspecified atom stereocenters. The number of hydrogen-bond acceptors (Lipinski definition) is 1. The summed E-state index contributed by atoms with van der Waals surface area (Å²) in [5.74, 6) is -1.37. The molecule has 0 aliphatic heterocycles. The average molecular weight is 357 g/mol. The van der Waals surface area contributed by atoms with Gasteiger partial charge in [-0.25, -0.2) is 8.78 Å². The number of aryl methyl sites for hydroxylation is 1. The molecule has 2 rings (SSSR count). The molecule has 0 spiro atoms. The molecule has 0 radical (unpaired) electrons. The lowest BCUT2D eigenvalue weighted by Crippen LogP contribution is -2.20. The first kappa shape index (κ1) is 14.9. The molecular formula is C14H11BrF2N2S. The smallest absolute Gasteiger partial charge is 0.175 e. The normalized spacial score (nSPS) is 10.2. The van der Waals surface area contributed by atoms with Crippen molar-refractivity contribution in [3.05, 3.63) is 58.1 Å². The molecule has 0 atom stereocenters. The van der Waals surface area contributed by atoms with Crippen LogP contribution < -0.4 is 10.6 Å². The Balaban J connectivity index is 2.10. The maximum atomic E-state index is 13.6. The van der Waals surface area contributed by atoms with Crippen molar-refractivity contribution in [3.63, 3.8) is 0 Å². The van der Waals surface area contributed by atoms with Crippen LogP contribution in [0, 0.1) is 18.6 Å². The molecule has 2 N–H and O–H groups in total. The Labute approximate surface area is 129 Å². The topological polar surface area (TPSA) is 24.1 Å². The minimum Gasteiger partial charge on any atom is -0.332 e. The third-order valence-electron chi connectivity index (χ3n) is 2.55. The summed E-state index contributed by atoms with van der Waals surface area (Å²) in [6.07, 6.45) is 0. The van der Waals surface area contributed by atoms with Gasteiger partial charge in [0.05, 0.1) is 5.69 Å². The van der Waals surface area contributed by atoms with Crippen LogP contribution in [0.2, 0.25) is 0 Å². The quantitative estimate of drug-likeness (QED) is 0.752. The van der Waals surface area contributed by atoms with Crippen LogP contribution in [0.15, 0.2) is 40.9 Å². The Morgan fingerprint density at radius 2 is 1.75 bits per heavy atom. The van der Waals surface area contributed by atoms with Crippen molar-refractivity contribution in [2.24, 2.45) is 0 Å². The molecule has 0 aliphatic carbocycles. The van der Waals surface area contributed by atoms with Crippen LogP contribution in [0.3, 0.4) is 0 Å². The fourth-order valence-electron chi connectivity index (χ4n) is 1.57. The van der Waals surface area contributed by atoms with Gasteiger partial charge in [0.2, 0.25) is 0 Å². The lowest BCUT2D eigenvalue weighted by atomic mass is 10.2. The summed E-state index contributed by atoms with van der Waals surface area (Å²) in [6, 6.07) is 9.54. The molecule has 2 nitrogen and oxygen atoms in total. The third-order valence-corrected chi connectivity index (χ3v) is 3.38. The highest BCUT2D eigenvalue weighted by molar-refractivity contribution is 9.10. The molecule has 0 saturated carbocycles. The molecule has 2 aromatic rings. The monoisotopic (exact) mass is 356 g/mol. The fourth-order valence-corrected chi connectivity index (χ4v) is 2.30. The zero-order valence-electron chi connectivity index (χ0n) is 10.5. The zero-order chi connectivity index (χ0) is 14.7. The van der Waals surface area contributed by atoms with E-state index >= 15 is 0 Å². The van der Waals surface area contributed by atoms with Gasteiger partial charge < -0.3 is 10.6 Å². The molecule has 0 heterocycles. The summed E-state index contributed by atoms with van der Waals surface area (Å²) in [4.78, 5) is 0. The van der Waals surface area contributed by atoms with E-state index in [0.29, 0.717) is 0 Å². The van der Waals surface area contributed by atoms with Crippen molar-refractivity contribution < 1.29 is 8.78 Å². The minimum absolute atomic E-state index is 0.0935. The van der Waals surface area contributed by atoms with Crippen molar-refractivity contribution in [3.8, 4) is 0 Å². The summed E-state index contributed by atoms with van der Waals surface area (Å²) < 4.78 is 26.9. The molecule has 0 fully saturated rings. The molecular weight excluding hydrogens is 346 g/mol. The molecule has 104 valence electrons. The van der Waals surface area contributed by atoms with E-state index in [0.717, 1.165) is 17.3 Å². The van der Waals surface area contributed by atoms with E-state index in [1.54, 1.807) is 0 Å². The Morgan fingerprint density at radius 3 is 2.35 bits per heavy atom. The second kappa shape index (κ2) is 6.28. The Kier molecular flexibility index (Phi) is 4.67. The van der Waals surface area contributed by atoms with Gasteiger partial charge in [-0.15, -0.1) is 0 Å². The van der Waals surface area contributed by atoms with Crippen molar-refractivity contribution in [2.45, 2.75) is 6.92 Å². The minimum atomic E-state index is -0.718. The lowest BCUT2D eigenvalue weighted by Gasteiger charge is -2.13. The maximum Gasteiger partial charge on any atom is 0.175 e. The standard InChI is InChI=1S/C14H11BrF2N2S/c1-8-2-4-10(5-3-8)18-14(20)19-13-11(15)6-9(16)7-12(13)17/h2-7H,1H3,(H2,18,19,20). The Bertz CT molecular complexity index is 621. The zero-order valence-corrected chi connectivity index (χ0v) is 12.9. The van der Waals surface area contributed by atoms with E-state index in [1.807, 2.05) is 31.2 Å². The predicted octanol–water partition coefficient (Wildman–Crippen LogP) is 4.84. The van der Waals surface area contributed by atoms with Crippen molar-refractivity contribution in [1.29, 1.82) is 0 Å². The summed E-state index contributed by atoms with van der Waals surface area (Å²) in [5, 5.41) is 5.85. The summed E-state index contributed by atoms with van der Waals surface area (Å²) in [5.41, 5.74) is 2.00. The number of rotatable bonds is 2. The fraction of sp³-hybridized carbons (Fsp3) is 0.0714. The Hall–Kier alpha value is -1.53. The molecule has 0 bridgehead atoms. The van der Waals surface area contributed by atoms with Crippen LogP contribution in [0.1, 0.15) is 5.56 Å². The largest absolute Gasteiger partial charge is 0.332 e. The second-order valence-corrected chi connectivity index (χ2v) is 5.45. The van der Waals surface area contributed by atoms with Crippen LogP contribution in [-0.4, -0.2) is 5.11 Å². The van der Waals surface area contributed by atoms with Crippen LogP contribution in [0.25, 0.3) is 0 Å². The van der Waals surface area contributed by atoms with Crippen LogP contribution >= 0.6 is 28.1 Å². The highest BCUT2D eigenvalue weighted by Crippen LogP contribution is 2.27. The van der Waals surface area contributed by atoms with E-state index in [4.69, 9.17) is 12.2 Å². The number of thiocarbonyl (C=S) groups is 1. The molecule has 20 heavy (non-hydrogen) atoms. The van der Waals surface area contributed by atoms with E-state index < -0.39 is 11.6 Å². The molecule has 0 amide bonds. The molecule has 2 aromatic carbocycles. The van der Waals surface area contributed by atoms with E-state index in [9.17, 15) is 8.78 Å². The maximum absolute atomic E-state index is 13.6. The van der Waals surface area contributed by atoms with Gasteiger partial charge in [-0.1, -0.05) is 17.7 Å². The van der Waals surface area contributed by atoms with Crippen LogP contribution in [-0.2, 0) is 0 Å². The molecule has 0 aliphatic rings. The average Bonchev–Trinajstić information content (AvgIpc) is 2.36. The number of halogens is 3. The van der Waals surface area contributed by atoms with Crippen LogP contribution in [0.5, 0.6) is 0 Å². The van der Waals surface area contributed by atoms with E-state index in [-0.39, 0.29) is 15.3 Å². The first-order valence-corrected chi connectivity index (χ1v) is 6.95. The highest BCUT2D eigenvalue weighted by atomic mass is 79.9. The second-order valence-electron chi connectivity index (χ2n) is 4.19. The number of benzene rings is 2. The predicted molar refractivity (Wildman–Crippen MR) is 85.1 cm³/mol. The van der Waals surface area contributed by atoms with Crippen LogP contribution in [0.4, 0.5) is 20.2 Å². The molecule has 0 aromatic heterocycles. The van der Waals surface area contributed by atoms with E-state index in [2.05, 4.69) is 26.6 Å². The van der Waals surface area contributed by atoms with Gasteiger partial charge in [0, 0.05) is 16.2 Å². The number of anilines is 2. The van der Waals surface area contributed by atoms with Gasteiger partial charge in [-0.2, -0.15) is 0 Å². The van der Waals surface area contributed by atoms with E-state index in [1.165, 1.54) is 6.07 Å². The summed E-state index contributed by atoms with van der Waals surface area (Å²) in [6.45, 7) is 1.98. The summed E-state index contributed by atoms with van der Waals surface area (Å²) >= 11 is 8.19. The van der Waals surface area contributed by atoms with Crippen molar-refractivity contribution in [1.82, 2.24) is 0 Å². The molecule has 6 heteroatoms. The first-order chi connectivity index (χ1) is 9.45. The van der Waals surface area contributed by atoms with Gasteiger partial charge in [0.15, 0.2) is 10.9 Å². The Morgan fingerprint density at radius 1 is 1.10 bits per heavy atom. The molecule has 0 saturated heterocycles. The van der Waals surface area contributed by atoms with Gasteiger partial charge in [-0.3, -0.25) is 0 Å². The van der Waals surface area contributed by atoms with Crippen molar-refractivity contribution >= 4 is 44.6 Å². The van der Waals surface area contributed by atoms with Gasteiger partial charge >= 0.3 is 0 Å². The highest BCUT2D eigenvalue weighted by Gasteiger charge is 2.11. The van der Waals surface area contributed by atoms with Crippen molar-refractivity contribution in [2.75, 3.05) is 10.6 Å². The third kappa shape index (κ3) is 3.74. The number of nitrogens with one attached hydrogen (secondary N) is 2.